The average Bonchev–Trinajstić information content (AvgIpc) is 3.16. The minimum atomic E-state index is 0.213. The number of hydrogen-bond acceptors (Lipinski definition) is 6. The molecule has 1 amide bonds. The van der Waals surface area contributed by atoms with Crippen LogP contribution in [0.2, 0.25) is 0 Å². The van der Waals surface area contributed by atoms with E-state index in [0.29, 0.717) is 6.54 Å². The quantitative estimate of drug-likeness (QED) is 0.841. The minimum Gasteiger partial charge on any atom is -0.346 e. The predicted molar refractivity (Wildman–Crippen MR) is 100 cm³/mol. The number of benzene rings is 1. The second-order valence-corrected chi connectivity index (χ2v) is 7.95. The first-order chi connectivity index (χ1) is 11.8. The fourth-order valence-electron chi connectivity index (χ4n) is 3.17. The van der Waals surface area contributed by atoms with Crippen LogP contribution < -0.4 is 9.80 Å². The van der Waals surface area contributed by atoms with Crippen LogP contribution in [0.3, 0.4) is 0 Å². The molecule has 0 saturated carbocycles. The molecule has 0 unspecified atom stereocenters. The van der Waals surface area contributed by atoms with Crippen molar-refractivity contribution in [1.29, 1.82) is 0 Å². The number of thiazole rings is 1. The summed E-state index contributed by atoms with van der Waals surface area (Å²) in [7, 11) is 0. The van der Waals surface area contributed by atoms with E-state index in [1.807, 2.05) is 40.4 Å². The van der Waals surface area contributed by atoms with Crippen LogP contribution in [0, 0.1) is 0 Å². The highest BCUT2D eigenvalue weighted by molar-refractivity contribution is 7.99. The van der Waals surface area contributed by atoms with Crippen LogP contribution in [0.4, 0.5) is 10.8 Å². The van der Waals surface area contributed by atoms with Crippen molar-refractivity contribution in [2.45, 2.75) is 4.90 Å². The zero-order chi connectivity index (χ0) is 16.4. The van der Waals surface area contributed by atoms with Gasteiger partial charge in [-0.2, -0.15) is 0 Å². The standard InChI is InChI=1S/C17H20N4OS2/c22-16(21-10-12-23-15-4-2-1-3-14(15)21)13-19-6-8-20(9-7-19)17-18-5-11-24-17/h1-5,11H,6-10,12-13H2. The molecule has 0 aliphatic carbocycles. The van der Waals surface area contributed by atoms with Gasteiger partial charge >= 0.3 is 0 Å². The molecule has 1 aromatic heterocycles. The number of anilines is 2. The first kappa shape index (κ1) is 15.9. The third-order valence-corrected chi connectivity index (χ3v) is 6.33. The van der Waals surface area contributed by atoms with Crippen molar-refractivity contribution >= 4 is 39.8 Å². The van der Waals surface area contributed by atoms with Crippen molar-refractivity contribution in [1.82, 2.24) is 9.88 Å². The summed E-state index contributed by atoms with van der Waals surface area (Å²) in [5, 5.41) is 3.10. The Bertz CT molecular complexity index is 698. The van der Waals surface area contributed by atoms with Crippen molar-refractivity contribution in [3.8, 4) is 0 Å². The second-order valence-electron chi connectivity index (χ2n) is 5.94. The maximum Gasteiger partial charge on any atom is 0.241 e. The molecule has 24 heavy (non-hydrogen) atoms. The topological polar surface area (TPSA) is 39.7 Å². The van der Waals surface area contributed by atoms with Crippen LogP contribution in [-0.4, -0.2) is 60.8 Å². The van der Waals surface area contributed by atoms with Crippen LogP contribution in [0.15, 0.2) is 40.7 Å². The van der Waals surface area contributed by atoms with Gasteiger partial charge in [-0.25, -0.2) is 4.98 Å². The SMILES string of the molecule is O=C(CN1CCN(c2nccs2)CC1)N1CCSc2ccccc21. The number of fused-ring (bicyclic) bond motifs is 1. The number of aromatic nitrogens is 1. The van der Waals surface area contributed by atoms with E-state index < -0.39 is 0 Å². The van der Waals surface area contributed by atoms with E-state index in [0.717, 1.165) is 49.3 Å². The maximum atomic E-state index is 12.8. The smallest absolute Gasteiger partial charge is 0.241 e. The van der Waals surface area contributed by atoms with Crippen molar-refractivity contribution in [2.75, 3.05) is 54.8 Å². The fourth-order valence-corrected chi connectivity index (χ4v) is 4.87. The molecule has 0 radical (unpaired) electrons. The van der Waals surface area contributed by atoms with Gasteiger partial charge in [0.25, 0.3) is 0 Å². The summed E-state index contributed by atoms with van der Waals surface area (Å²) < 4.78 is 0. The molecule has 2 aliphatic rings. The van der Waals surface area contributed by atoms with Gasteiger partial charge in [0.15, 0.2) is 5.13 Å². The number of amides is 1. The Morgan fingerprint density at radius 1 is 1.12 bits per heavy atom. The molecule has 0 bridgehead atoms. The molecule has 0 N–H and O–H groups in total. The summed E-state index contributed by atoms with van der Waals surface area (Å²) in [5.41, 5.74) is 1.07. The molecule has 5 nitrogen and oxygen atoms in total. The fraction of sp³-hybridized carbons (Fsp3) is 0.412. The summed E-state index contributed by atoms with van der Waals surface area (Å²) in [5.74, 6) is 1.19. The van der Waals surface area contributed by atoms with Gasteiger partial charge in [-0.1, -0.05) is 12.1 Å². The minimum absolute atomic E-state index is 0.213. The Morgan fingerprint density at radius 3 is 2.75 bits per heavy atom. The lowest BCUT2D eigenvalue weighted by atomic mass is 10.2. The molecule has 2 aliphatic heterocycles. The van der Waals surface area contributed by atoms with Gasteiger partial charge in [0.05, 0.1) is 12.2 Å². The molecule has 1 saturated heterocycles. The monoisotopic (exact) mass is 360 g/mol. The Morgan fingerprint density at radius 2 is 1.96 bits per heavy atom. The number of thioether (sulfide) groups is 1. The van der Waals surface area contributed by atoms with Crippen molar-refractivity contribution in [3.63, 3.8) is 0 Å². The maximum absolute atomic E-state index is 12.8. The Balaban J connectivity index is 1.36. The van der Waals surface area contributed by atoms with E-state index in [-0.39, 0.29) is 5.91 Å². The number of para-hydroxylation sites is 1. The van der Waals surface area contributed by atoms with Gasteiger partial charge in [-0.3, -0.25) is 9.69 Å². The first-order valence-corrected chi connectivity index (χ1v) is 10.1. The van der Waals surface area contributed by atoms with E-state index in [4.69, 9.17) is 0 Å². The van der Waals surface area contributed by atoms with Gasteiger partial charge in [0.2, 0.25) is 5.91 Å². The summed E-state index contributed by atoms with van der Waals surface area (Å²) in [6.07, 6.45) is 1.85. The van der Waals surface area contributed by atoms with Crippen LogP contribution >= 0.6 is 23.1 Å². The van der Waals surface area contributed by atoms with Gasteiger partial charge < -0.3 is 9.80 Å². The van der Waals surface area contributed by atoms with Crippen LogP contribution in [0.1, 0.15) is 0 Å². The van der Waals surface area contributed by atoms with Gasteiger partial charge in [-0.05, 0) is 12.1 Å². The molecule has 7 heteroatoms. The van der Waals surface area contributed by atoms with Gasteiger partial charge in [0, 0.05) is 54.9 Å². The highest BCUT2D eigenvalue weighted by Gasteiger charge is 2.26. The van der Waals surface area contributed by atoms with Crippen LogP contribution in [-0.2, 0) is 4.79 Å². The largest absolute Gasteiger partial charge is 0.346 e. The first-order valence-electron chi connectivity index (χ1n) is 8.20. The molecule has 1 aromatic carbocycles. The third-order valence-electron chi connectivity index (χ3n) is 4.45. The molecule has 2 aromatic rings. The Kier molecular flexibility index (Phi) is 4.73. The summed E-state index contributed by atoms with van der Waals surface area (Å²) in [6.45, 7) is 5.01. The van der Waals surface area contributed by atoms with E-state index in [9.17, 15) is 4.79 Å². The van der Waals surface area contributed by atoms with Crippen LogP contribution in [0.5, 0.6) is 0 Å². The second kappa shape index (κ2) is 7.13. The number of rotatable bonds is 3. The van der Waals surface area contributed by atoms with Gasteiger partial charge in [-0.15, -0.1) is 23.1 Å². The molecule has 0 spiro atoms. The Labute approximate surface area is 150 Å². The molecule has 4 rings (SSSR count). The van der Waals surface area contributed by atoms with E-state index in [1.54, 1.807) is 11.3 Å². The van der Waals surface area contributed by atoms with E-state index >= 15 is 0 Å². The van der Waals surface area contributed by atoms with Crippen LogP contribution in [0.25, 0.3) is 0 Å². The number of carbonyl (C=O) groups excluding carboxylic acids is 1. The highest BCUT2D eigenvalue weighted by atomic mass is 32.2. The average molecular weight is 361 g/mol. The van der Waals surface area contributed by atoms with E-state index in [2.05, 4.69) is 26.9 Å². The van der Waals surface area contributed by atoms with Gasteiger partial charge in [0.1, 0.15) is 0 Å². The van der Waals surface area contributed by atoms with Crippen molar-refractivity contribution < 1.29 is 4.79 Å². The summed E-state index contributed by atoms with van der Waals surface area (Å²) >= 11 is 3.51. The number of hydrogen-bond donors (Lipinski definition) is 0. The molecule has 126 valence electrons. The summed E-state index contributed by atoms with van der Waals surface area (Å²) in [6, 6.07) is 8.21. The molecule has 3 heterocycles. The summed E-state index contributed by atoms with van der Waals surface area (Å²) in [4.78, 5) is 24.9. The van der Waals surface area contributed by atoms with Crippen molar-refractivity contribution in [2.24, 2.45) is 0 Å². The normalized spacial score (nSPS) is 18.5. The molecular weight excluding hydrogens is 340 g/mol. The predicted octanol–water partition coefficient (Wildman–Crippen LogP) is 2.40. The lowest BCUT2D eigenvalue weighted by molar-refractivity contribution is -0.119. The molecule has 0 atom stereocenters. The number of piperazine rings is 1. The highest BCUT2D eigenvalue weighted by Crippen LogP contribution is 2.34. The zero-order valence-corrected chi connectivity index (χ0v) is 15.1. The number of carbonyl (C=O) groups is 1. The molecule has 1 fully saturated rings. The zero-order valence-electron chi connectivity index (χ0n) is 13.4. The lowest BCUT2D eigenvalue weighted by Gasteiger charge is -2.36. The van der Waals surface area contributed by atoms with Crippen molar-refractivity contribution in [3.05, 3.63) is 35.8 Å². The Hall–Kier alpha value is -1.57. The lowest BCUT2D eigenvalue weighted by Crippen LogP contribution is -2.50. The molecular formula is C17H20N4OS2. The number of nitrogens with zero attached hydrogens (tertiary/aromatic N) is 4. The third kappa shape index (κ3) is 3.29. The van der Waals surface area contributed by atoms with E-state index in [1.165, 1.54) is 4.90 Å².